The van der Waals surface area contributed by atoms with Crippen LogP contribution in [0.5, 0.6) is 0 Å². The molecule has 0 aliphatic carbocycles. The van der Waals surface area contributed by atoms with Crippen LogP contribution in [-0.4, -0.2) is 13.1 Å². The second kappa shape index (κ2) is 7.37. The molecular weight excluding hydrogens is 158 g/mol. The largest absolute Gasteiger partial charge is 0.317 e. The van der Waals surface area contributed by atoms with Crippen LogP contribution >= 0.6 is 0 Å². The van der Waals surface area contributed by atoms with Gasteiger partial charge in [0, 0.05) is 0 Å². The smallest absolute Gasteiger partial charge is 0.00437 e. The summed E-state index contributed by atoms with van der Waals surface area (Å²) < 4.78 is 0. The minimum absolute atomic E-state index is 0.668. The lowest BCUT2D eigenvalue weighted by molar-refractivity contribution is 0.206. The molecule has 0 amide bonds. The summed E-state index contributed by atoms with van der Waals surface area (Å²) >= 11 is 0. The first-order valence-corrected chi connectivity index (χ1v) is 5.97. The Morgan fingerprint density at radius 1 is 1.15 bits per heavy atom. The first-order valence-electron chi connectivity index (χ1n) is 5.97. The van der Waals surface area contributed by atoms with Gasteiger partial charge in [0.25, 0.3) is 0 Å². The number of rotatable bonds is 3. The van der Waals surface area contributed by atoms with E-state index in [-0.39, 0.29) is 0 Å². The fraction of sp³-hybridized carbons (Fsp3) is 1.00. The highest BCUT2D eigenvalue weighted by molar-refractivity contribution is 4.79. The molecule has 1 aliphatic rings. The van der Waals surface area contributed by atoms with Gasteiger partial charge in [-0.3, -0.25) is 0 Å². The van der Waals surface area contributed by atoms with Crippen LogP contribution in [0.25, 0.3) is 0 Å². The van der Waals surface area contributed by atoms with E-state index in [1.54, 1.807) is 0 Å². The lowest BCUT2D eigenvalue weighted by Crippen LogP contribution is -2.34. The molecule has 0 saturated carbocycles. The molecule has 13 heavy (non-hydrogen) atoms. The predicted molar refractivity (Wildman–Crippen MR) is 61.1 cm³/mol. The van der Waals surface area contributed by atoms with Gasteiger partial charge in [0.05, 0.1) is 0 Å². The third-order valence-corrected chi connectivity index (χ3v) is 2.94. The molecule has 0 spiro atoms. The van der Waals surface area contributed by atoms with E-state index in [9.17, 15) is 0 Å². The van der Waals surface area contributed by atoms with E-state index in [1.807, 2.05) is 13.8 Å². The molecule has 1 aliphatic heterocycles. The average molecular weight is 185 g/mol. The van der Waals surface area contributed by atoms with Crippen molar-refractivity contribution < 1.29 is 0 Å². The predicted octanol–water partition coefficient (Wildman–Crippen LogP) is 3.59. The van der Waals surface area contributed by atoms with Gasteiger partial charge in [-0.05, 0) is 37.8 Å². The summed E-state index contributed by atoms with van der Waals surface area (Å²) in [5.74, 6) is 0. The number of unbranched alkanes of at least 4 members (excludes halogenated alkanes) is 1. The zero-order valence-corrected chi connectivity index (χ0v) is 9.95. The van der Waals surface area contributed by atoms with Crippen LogP contribution < -0.4 is 5.32 Å². The van der Waals surface area contributed by atoms with Crippen LogP contribution in [0.3, 0.4) is 0 Å². The molecule has 1 heteroatoms. The lowest BCUT2D eigenvalue weighted by Gasteiger charge is -2.34. The summed E-state index contributed by atoms with van der Waals surface area (Å²) in [6, 6.07) is 0. The second-order valence-electron chi connectivity index (χ2n) is 4.16. The van der Waals surface area contributed by atoms with Crippen molar-refractivity contribution >= 4 is 0 Å². The summed E-state index contributed by atoms with van der Waals surface area (Å²) in [6.07, 6.45) is 6.96. The Morgan fingerprint density at radius 2 is 1.69 bits per heavy atom. The Hall–Kier alpha value is -0.0400. The molecule has 1 heterocycles. The maximum absolute atomic E-state index is 3.42. The normalized spacial score (nSPS) is 20.3. The van der Waals surface area contributed by atoms with Gasteiger partial charge in [-0.2, -0.15) is 0 Å². The van der Waals surface area contributed by atoms with Crippen LogP contribution in [0.15, 0.2) is 0 Å². The Balaban J connectivity index is 0.000000671. The van der Waals surface area contributed by atoms with Crippen molar-refractivity contribution in [2.24, 2.45) is 5.41 Å². The number of piperidine rings is 1. The molecule has 1 fully saturated rings. The molecule has 0 atom stereocenters. The van der Waals surface area contributed by atoms with Gasteiger partial charge in [-0.15, -0.1) is 0 Å². The number of hydrogen-bond donors (Lipinski definition) is 1. The molecule has 1 nitrogen and oxygen atoms in total. The van der Waals surface area contributed by atoms with Gasteiger partial charge in [0.1, 0.15) is 0 Å². The third-order valence-electron chi connectivity index (χ3n) is 2.94. The van der Waals surface area contributed by atoms with E-state index in [2.05, 4.69) is 19.2 Å². The van der Waals surface area contributed by atoms with Crippen molar-refractivity contribution in [3.05, 3.63) is 0 Å². The van der Waals surface area contributed by atoms with E-state index in [0.717, 1.165) is 0 Å². The van der Waals surface area contributed by atoms with Crippen molar-refractivity contribution in [3.63, 3.8) is 0 Å². The van der Waals surface area contributed by atoms with E-state index in [0.29, 0.717) is 5.41 Å². The molecule has 1 N–H and O–H groups in total. The molecule has 0 unspecified atom stereocenters. The van der Waals surface area contributed by atoms with Crippen LogP contribution in [0, 0.1) is 5.41 Å². The topological polar surface area (TPSA) is 12.0 Å². The standard InChI is InChI=1S/C10H21N.C2H6/c1-3-4-5-10(2)6-8-11-9-7-10;1-2/h11H,3-9H2,1-2H3;1-2H3. The molecule has 0 bridgehead atoms. The summed E-state index contributed by atoms with van der Waals surface area (Å²) in [7, 11) is 0. The summed E-state index contributed by atoms with van der Waals surface area (Å²) in [4.78, 5) is 0. The van der Waals surface area contributed by atoms with Crippen LogP contribution in [0.1, 0.15) is 59.8 Å². The average Bonchev–Trinajstić information content (AvgIpc) is 2.19. The first-order chi connectivity index (χ1) is 6.27. The van der Waals surface area contributed by atoms with E-state index < -0.39 is 0 Å². The molecular formula is C12H27N. The van der Waals surface area contributed by atoms with Crippen LogP contribution in [0.2, 0.25) is 0 Å². The Labute approximate surface area is 84.3 Å². The quantitative estimate of drug-likeness (QED) is 0.708. The summed E-state index contributed by atoms with van der Waals surface area (Å²) in [5.41, 5.74) is 0.668. The lowest BCUT2D eigenvalue weighted by atomic mass is 9.77. The maximum atomic E-state index is 3.42. The number of hydrogen-bond acceptors (Lipinski definition) is 1. The molecule has 80 valence electrons. The highest BCUT2D eigenvalue weighted by Gasteiger charge is 2.25. The van der Waals surface area contributed by atoms with Crippen molar-refractivity contribution in [1.82, 2.24) is 5.32 Å². The van der Waals surface area contributed by atoms with Crippen molar-refractivity contribution in [2.75, 3.05) is 13.1 Å². The molecule has 0 radical (unpaired) electrons. The van der Waals surface area contributed by atoms with Gasteiger partial charge in [0.15, 0.2) is 0 Å². The van der Waals surface area contributed by atoms with Gasteiger partial charge >= 0.3 is 0 Å². The Kier molecular flexibility index (Phi) is 7.35. The van der Waals surface area contributed by atoms with E-state index >= 15 is 0 Å². The summed E-state index contributed by atoms with van der Waals surface area (Å²) in [5, 5.41) is 3.42. The molecule has 0 aromatic rings. The van der Waals surface area contributed by atoms with Gasteiger partial charge < -0.3 is 5.32 Å². The van der Waals surface area contributed by atoms with Crippen molar-refractivity contribution in [2.45, 2.75) is 59.8 Å². The van der Waals surface area contributed by atoms with Gasteiger partial charge in [-0.1, -0.05) is 40.5 Å². The Bertz CT molecular complexity index is 104. The third kappa shape index (κ3) is 5.30. The minimum atomic E-state index is 0.668. The second-order valence-corrected chi connectivity index (χ2v) is 4.16. The van der Waals surface area contributed by atoms with Gasteiger partial charge in [0.2, 0.25) is 0 Å². The highest BCUT2D eigenvalue weighted by atomic mass is 14.9. The SMILES string of the molecule is CC.CCCCC1(C)CCNCC1. The zero-order chi connectivity index (χ0) is 10.2. The number of nitrogens with one attached hydrogen (secondary N) is 1. The first kappa shape index (κ1) is 13.0. The van der Waals surface area contributed by atoms with Crippen molar-refractivity contribution in [1.29, 1.82) is 0 Å². The highest BCUT2D eigenvalue weighted by Crippen LogP contribution is 2.33. The maximum Gasteiger partial charge on any atom is -0.00437 e. The fourth-order valence-electron chi connectivity index (χ4n) is 1.88. The van der Waals surface area contributed by atoms with Crippen LogP contribution in [0.4, 0.5) is 0 Å². The van der Waals surface area contributed by atoms with E-state index in [1.165, 1.54) is 45.2 Å². The van der Waals surface area contributed by atoms with Crippen LogP contribution in [-0.2, 0) is 0 Å². The molecule has 0 aromatic heterocycles. The van der Waals surface area contributed by atoms with E-state index in [4.69, 9.17) is 0 Å². The summed E-state index contributed by atoms with van der Waals surface area (Å²) in [6.45, 7) is 11.2. The Morgan fingerprint density at radius 3 is 2.15 bits per heavy atom. The molecule has 0 aromatic carbocycles. The molecule has 1 rings (SSSR count). The minimum Gasteiger partial charge on any atom is -0.317 e. The monoisotopic (exact) mass is 185 g/mol. The van der Waals surface area contributed by atoms with Crippen molar-refractivity contribution in [3.8, 4) is 0 Å². The molecule has 1 saturated heterocycles. The zero-order valence-electron chi connectivity index (χ0n) is 9.95. The fourth-order valence-corrected chi connectivity index (χ4v) is 1.88. The van der Waals surface area contributed by atoms with Gasteiger partial charge in [-0.25, -0.2) is 0 Å².